The Morgan fingerprint density at radius 1 is 1.06 bits per heavy atom. The number of thiocarbonyl (C=S) groups is 1. The third-order valence-corrected chi connectivity index (χ3v) is 6.57. The highest BCUT2D eigenvalue weighted by Crippen LogP contribution is 2.34. The number of anilines is 2. The van der Waals surface area contributed by atoms with Crippen LogP contribution < -0.4 is 20.8 Å². The van der Waals surface area contributed by atoms with E-state index in [9.17, 15) is 13.2 Å². The van der Waals surface area contributed by atoms with Gasteiger partial charge in [-0.15, -0.1) is 0 Å². The van der Waals surface area contributed by atoms with Gasteiger partial charge in [-0.2, -0.15) is 5.10 Å². The van der Waals surface area contributed by atoms with E-state index in [2.05, 4.69) is 21.0 Å². The van der Waals surface area contributed by atoms with Crippen molar-refractivity contribution in [3.8, 4) is 0 Å². The smallest absolute Gasteiger partial charge is 0.279 e. The maximum atomic E-state index is 13.5. The van der Waals surface area contributed by atoms with Crippen molar-refractivity contribution in [3.63, 3.8) is 0 Å². The van der Waals surface area contributed by atoms with Crippen LogP contribution in [0.25, 0.3) is 0 Å². The number of nitrogens with zero attached hydrogens (tertiary/aromatic N) is 3. The van der Waals surface area contributed by atoms with E-state index >= 15 is 0 Å². The van der Waals surface area contributed by atoms with Crippen molar-refractivity contribution < 1.29 is 13.2 Å². The van der Waals surface area contributed by atoms with Crippen LogP contribution in [0, 0.1) is 0 Å². The predicted octanol–water partition coefficient (Wildman–Crippen LogP) is 3.10. The van der Waals surface area contributed by atoms with Crippen molar-refractivity contribution >= 4 is 66.3 Å². The Morgan fingerprint density at radius 2 is 1.73 bits per heavy atom. The number of hydrazone groups is 1. The van der Waals surface area contributed by atoms with Gasteiger partial charge in [-0.3, -0.25) is 4.79 Å². The van der Waals surface area contributed by atoms with Crippen LogP contribution in [0.15, 0.2) is 87.3 Å². The fraction of sp³-hybridized carbons (Fsp3) is 0.0455. The molecule has 168 valence electrons. The van der Waals surface area contributed by atoms with E-state index in [4.69, 9.17) is 23.1 Å². The minimum absolute atomic E-state index is 0.0471. The van der Waals surface area contributed by atoms with E-state index in [0.717, 1.165) is 15.0 Å². The number of amides is 1. The molecule has 0 bridgehead atoms. The number of carbonyl (C=O) groups is 1. The maximum Gasteiger partial charge on any atom is 0.279 e. The molecule has 1 aliphatic rings. The Morgan fingerprint density at radius 3 is 2.39 bits per heavy atom. The molecular formula is C22H18BrN5O3S2. The second-order valence-corrected chi connectivity index (χ2v) is 10.0. The van der Waals surface area contributed by atoms with Crippen molar-refractivity contribution in [3.05, 3.63) is 88.4 Å². The summed E-state index contributed by atoms with van der Waals surface area (Å²) in [6.45, 7) is 0.328. The summed E-state index contributed by atoms with van der Waals surface area (Å²) in [6.07, 6.45) is 0. The van der Waals surface area contributed by atoms with Crippen molar-refractivity contribution in [2.75, 3.05) is 9.91 Å². The van der Waals surface area contributed by atoms with Gasteiger partial charge >= 0.3 is 0 Å². The molecule has 1 heterocycles. The number of sulfonamides is 1. The molecule has 3 aromatic carbocycles. The van der Waals surface area contributed by atoms with Crippen LogP contribution in [0.5, 0.6) is 0 Å². The summed E-state index contributed by atoms with van der Waals surface area (Å²) in [5.41, 5.74) is 8.16. The fourth-order valence-electron chi connectivity index (χ4n) is 3.50. The van der Waals surface area contributed by atoms with E-state index < -0.39 is 10.0 Å². The summed E-state index contributed by atoms with van der Waals surface area (Å²) >= 11 is 8.57. The first-order valence-electron chi connectivity index (χ1n) is 9.62. The van der Waals surface area contributed by atoms with Gasteiger partial charge in [-0.1, -0.05) is 58.4 Å². The first kappa shape index (κ1) is 23.1. The highest BCUT2D eigenvalue weighted by molar-refractivity contribution is 9.10. The Labute approximate surface area is 204 Å². The zero-order valence-electron chi connectivity index (χ0n) is 17.1. The van der Waals surface area contributed by atoms with Gasteiger partial charge in [0.15, 0.2) is 10.8 Å². The van der Waals surface area contributed by atoms with Crippen molar-refractivity contribution in [1.82, 2.24) is 0 Å². The molecule has 4 rings (SSSR count). The Bertz CT molecular complexity index is 1390. The van der Waals surface area contributed by atoms with Gasteiger partial charge in [0.1, 0.15) is 4.90 Å². The van der Waals surface area contributed by atoms with E-state index in [0.29, 0.717) is 17.8 Å². The SMILES string of the molecule is NC(=S)N(/N=C1\C(=O)N(Cc2ccccc2)c2ccc(Br)cc21)c1ccccc1S(N)(=O)=O. The molecule has 0 atom stereocenters. The van der Waals surface area contributed by atoms with Crippen LogP contribution in [0.1, 0.15) is 11.1 Å². The molecule has 4 N–H and O–H groups in total. The van der Waals surface area contributed by atoms with Crippen molar-refractivity contribution in [2.24, 2.45) is 16.0 Å². The number of carbonyl (C=O) groups excluding carboxylic acids is 1. The van der Waals surface area contributed by atoms with Gasteiger partial charge in [0.25, 0.3) is 5.91 Å². The van der Waals surface area contributed by atoms with Crippen LogP contribution in [-0.2, 0) is 21.4 Å². The molecule has 0 saturated carbocycles. The molecular weight excluding hydrogens is 526 g/mol. The van der Waals surface area contributed by atoms with Gasteiger partial charge in [0.05, 0.1) is 17.9 Å². The lowest BCUT2D eigenvalue weighted by atomic mass is 10.1. The molecule has 0 aliphatic carbocycles. The fourth-order valence-corrected chi connectivity index (χ4v) is 4.71. The number of rotatable bonds is 5. The highest BCUT2D eigenvalue weighted by Gasteiger charge is 2.35. The summed E-state index contributed by atoms with van der Waals surface area (Å²) in [5, 5.41) is 10.6. The number of benzene rings is 3. The summed E-state index contributed by atoms with van der Waals surface area (Å²) in [5.74, 6) is -0.374. The minimum atomic E-state index is -4.11. The Kier molecular flexibility index (Phi) is 6.30. The standard InChI is InChI=1S/C22H18BrN5O3S2/c23-15-10-11-17-16(12-15)20(21(29)27(17)13-14-6-2-1-3-7-14)26-28(22(24)32)18-8-4-5-9-19(18)33(25,30)31/h1-12H,13H2,(H2,24,32)(H2,25,30,31)/b26-20-. The van der Waals surface area contributed by atoms with Crippen LogP contribution in [0.2, 0.25) is 0 Å². The number of hydrogen-bond donors (Lipinski definition) is 2. The summed E-state index contributed by atoms with van der Waals surface area (Å²) in [4.78, 5) is 14.9. The van der Waals surface area contributed by atoms with Crippen molar-refractivity contribution in [2.45, 2.75) is 11.4 Å². The maximum absolute atomic E-state index is 13.5. The molecule has 0 aromatic heterocycles. The van der Waals surface area contributed by atoms with E-state index in [-0.39, 0.29) is 27.3 Å². The Balaban J connectivity index is 1.85. The largest absolute Gasteiger partial charge is 0.374 e. The van der Waals surface area contributed by atoms with E-state index in [1.54, 1.807) is 17.0 Å². The van der Waals surface area contributed by atoms with Crippen LogP contribution >= 0.6 is 28.1 Å². The number of hydrogen-bond acceptors (Lipinski definition) is 5. The summed E-state index contributed by atoms with van der Waals surface area (Å²) < 4.78 is 25.0. The van der Waals surface area contributed by atoms with E-state index in [1.165, 1.54) is 18.2 Å². The average molecular weight is 544 g/mol. The number of primary sulfonamides is 1. The number of fused-ring (bicyclic) bond motifs is 1. The molecule has 1 amide bonds. The second-order valence-electron chi connectivity index (χ2n) is 7.15. The first-order valence-corrected chi connectivity index (χ1v) is 12.4. The zero-order valence-corrected chi connectivity index (χ0v) is 20.3. The van der Waals surface area contributed by atoms with Gasteiger partial charge in [-0.05, 0) is 48.1 Å². The van der Waals surface area contributed by atoms with Crippen LogP contribution in [0.4, 0.5) is 11.4 Å². The molecule has 0 saturated heterocycles. The molecule has 33 heavy (non-hydrogen) atoms. The van der Waals surface area contributed by atoms with Crippen LogP contribution in [0.3, 0.4) is 0 Å². The zero-order chi connectivity index (χ0) is 23.8. The molecule has 3 aromatic rings. The first-order chi connectivity index (χ1) is 15.7. The van der Waals surface area contributed by atoms with Crippen LogP contribution in [-0.4, -0.2) is 25.1 Å². The van der Waals surface area contributed by atoms with Gasteiger partial charge in [-0.25, -0.2) is 18.6 Å². The van der Waals surface area contributed by atoms with Gasteiger partial charge in [0.2, 0.25) is 10.0 Å². The molecule has 8 nitrogen and oxygen atoms in total. The molecule has 0 radical (unpaired) electrons. The normalized spacial score (nSPS) is 14.4. The Hall–Kier alpha value is -3.12. The lowest BCUT2D eigenvalue weighted by Gasteiger charge is -2.20. The topological polar surface area (TPSA) is 122 Å². The predicted molar refractivity (Wildman–Crippen MR) is 135 cm³/mol. The van der Waals surface area contributed by atoms with Crippen molar-refractivity contribution in [1.29, 1.82) is 0 Å². The van der Waals surface area contributed by atoms with Gasteiger partial charge < -0.3 is 10.6 Å². The lowest BCUT2D eigenvalue weighted by molar-refractivity contribution is -0.112. The molecule has 0 unspecified atom stereocenters. The summed E-state index contributed by atoms with van der Waals surface area (Å²) in [6, 6.07) is 20.8. The third kappa shape index (κ3) is 4.67. The number of halogens is 1. The number of nitrogens with two attached hydrogens (primary N) is 2. The molecule has 0 spiro atoms. The molecule has 0 fully saturated rings. The highest BCUT2D eigenvalue weighted by atomic mass is 79.9. The summed E-state index contributed by atoms with van der Waals surface area (Å²) in [7, 11) is -4.11. The lowest BCUT2D eigenvalue weighted by Crippen LogP contribution is -2.36. The van der Waals surface area contributed by atoms with Gasteiger partial charge in [0, 0.05) is 10.0 Å². The monoisotopic (exact) mass is 543 g/mol. The third-order valence-electron chi connectivity index (χ3n) is 4.94. The van der Waals surface area contributed by atoms with E-state index in [1.807, 2.05) is 42.5 Å². The second kappa shape index (κ2) is 9.02. The molecule has 11 heteroatoms. The quantitative estimate of drug-likeness (QED) is 0.376. The molecule has 1 aliphatic heterocycles. The number of para-hydroxylation sites is 1. The average Bonchev–Trinajstić information content (AvgIpc) is 3.02. The minimum Gasteiger partial charge on any atom is -0.374 e.